The van der Waals surface area contributed by atoms with Gasteiger partial charge in [-0.05, 0) is 12.1 Å². The van der Waals surface area contributed by atoms with Crippen molar-refractivity contribution in [1.29, 1.82) is 0 Å². The fourth-order valence-electron chi connectivity index (χ4n) is 2.17. The van der Waals surface area contributed by atoms with E-state index in [0.717, 1.165) is 11.3 Å². The van der Waals surface area contributed by atoms with Gasteiger partial charge in [-0.3, -0.25) is 5.43 Å². The summed E-state index contributed by atoms with van der Waals surface area (Å²) in [5.74, 6) is -1.18. The summed E-state index contributed by atoms with van der Waals surface area (Å²) < 4.78 is 18.6. The second-order valence-corrected chi connectivity index (χ2v) is 5.82. The molecule has 0 atom stereocenters. The monoisotopic (exact) mass is 355 g/mol. The number of methoxy groups -OCH3 is 1. The third-order valence-corrected chi connectivity index (χ3v) is 4.13. The summed E-state index contributed by atoms with van der Waals surface area (Å²) in [7, 11) is 1.24. The van der Waals surface area contributed by atoms with Crippen LogP contribution in [0.4, 0.5) is 9.52 Å². The van der Waals surface area contributed by atoms with E-state index in [4.69, 9.17) is 0 Å². The van der Waals surface area contributed by atoms with Crippen LogP contribution >= 0.6 is 11.3 Å². The Hall–Kier alpha value is -3.06. The molecule has 1 heterocycles. The molecule has 2 aromatic carbocycles. The maximum Gasteiger partial charge on any atom is 0.338 e. The van der Waals surface area contributed by atoms with Crippen LogP contribution in [0.25, 0.3) is 11.3 Å². The van der Waals surface area contributed by atoms with Crippen LogP contribution in [0.3, 0.4) is 0 Å². The van der Waals surface area contributed by atoms with Gasteiger partial charge in [-0.2, -0.15) is 5.10 Å². The van der Waals surface area contributed by atoms with Crippen LogP contribution in [0.15, 0.2) is 59.0 Å². The molecule has 25 heavy (non-hydrogen) atoms. The highest BCUT2D eigenvalue weighted by Crippen LogP contribution is 2.24. The van der Waals surface area contributed by atoms with Crippen LogP contribution in [0.2, 0.25) is 0 Å². The average Bonchev–Trinajstić information content (AvgIpc) is 3.12. The van der Waals surface area contributed by atoms with E-state index in [1.54, 1.807) is 0 Å². The number of hydrazone groups is 1. The normalized spacial score (nSPS) is 10.8. The number of anilines is 1. The highest BCUT2D eigenvalue weighted by Gasteiger charge is 2.14. The molecule has 0 radical (unpaired) electrons. The first kappa shape index (κ1) is 16.8. The predicted octanol–water partition coefficient (Wildman–Crippen LogP) is 4.18. The van der Waals surface area contributed by atoms with Gasteiger partial charge in [0.15, 0.2) is 0 Å². The molecule has 0 amide bonds. The Kier molecular flexibility index (Phi) is 5.15. The van der Waals surface area contributed by atoms with Gasteiger partial charge in [0, 0.05) is 16.5 Å². The number of halogens is 1. The van der Waals surface area contributed by atoms with Gasteiger partial charge in [-0.1, -0.05) is 36.4 Å². The van der Waals surface area contributed by atoms with E-state index in [1.807, 2.05) is 35.7 Å². The zero-order valence-corrected chi connectivity index (χ0v) is 14.1. The fourth-order valence-corrected chi connectivity index (χ4v) is 2.84. The lowest BCUT2D eigenvalue weighted by atomic mass is 10.1. The SMILES string of the molecule is COC(=O)c1cccc(F)c1C=NNc1nc(-c2ccccc2)cs1. The molecule has 3 aromatic rings. The number of thiazole rings is 1. The van der Waals surface area contributed by atoms with Crippen molar-refractivity contribution in [3.63, 3.8) is 0 Å². The smallest absolute Gasteiger partial charge is 0.338 e. The number of rotatable bonds is 5. The minimum Gasteiger partial charge on any atom is -0.465 e. The molecule has 126 valence electrons. The van der Waals surface area contributed by atoms with Gasteiger partial charge in [0.05, 0.1) is 24.6 Å². The van der Waals surface area contributed by atoms with Crippen molar-refractivity contribution >= 4 is 28.7 Å². The minimum absolute atomic E-state index is 0.0571. The first-order chi connectivity index (χ1) is 12.2. The number of esters is 1. The van der Waals surface area contributed by atoms with Crippen molar-refractivity contribution in [2.24, 2.45) is 5.10 Å². The molecule has 0 spiro atoms. The van der Waals surface area contributed by atoms with E-state index in [-0.39, 0.29) is 11.1 Å². The molecule has 0 unspecified atom stereocenters. The Bertz CT molecular complexity index is 910. The molecule has 1 aromatic heterocycles. The van der Waals surface area contributed by atoms with Crippen LogP contribution in [0.5, 0.6) is 0 Å². The number of nitrogens with one attached hydrogen (secondary N) is 1. The molecule has 0 aliphatic rings. The lowest BCUT2D eigenvalue weighted by Crippen LogP contribution is -2.07. The molecule has 0 fully saturated rings. The molecule has 0 aliphatic heterocycles. The highest BCUT2D eigenvalue weighted by atomic mass is 32.1. The number of carbonyl (C=O) groups is 1. The van der Waals surface area contributed by atoms with Crippen molar-refractivity contribution in [3.05, 3.63) is 70.9 Å². The summed E-state index contributed by atoms with van der Waals surface area (Å²) in [4.78, 5) is 16.1. The summed E-state index contributed by atoms with van der Waals surface area (Å²) in [6.07, 6.45) is 1.24. The molecule has 0 saturated carbocycles. The van der Waals surface area contributed by atoms with Crippen LogP contribution < -0.4 is 5.43 Å². The standard InChI is InChI=1S/C18H14FN3O2S/c1-24-17(23)13-8-5-9-15(19)14(13)10-20-22-18-21-16(11-25-18)12-6-3-2-4-7-12/h2-11H,1H3,(H,21,22). The summed E-state index contributed by atoms with van der Waals surface area (Å²) in [6.45, 7) is 0. The van der Waals surface area contributed by atoms with E-state index in [1.165, 1.54) is 42.9 Å². The maximum absolute atomic E-state index is 14.0. The van der Waals surface area contributed by atoms with Crippen molar-refractivity contribution in [2.45, 2.75) is 0 Å². The molecular weight excluding hydrogens is 341 g/mol. The van der Waals surface area contributed by atoms with E-state index in [2.05, 4.69) is 20.2 Å². The van der Waals surface area contributed by atoms with Crippen LogP contribution in [-0.4, -0.2) is 24.3 Å². The topological polar surface area (TPSA) is 63.6 Å². The summed E-state index contributed by atoms with van der Waals surface area (Å²) >= 11 is 1.38. The molecular formula is C18H14FN3O2S. The van der Waals surface area contributed by atoms with Gasteiger partial charge in [-0.15, -0.1) is 11.3 Å². The van der Waals surface area contributed by atoms with Crippen molar-refractivity contribution in [1.82, 2.24) is 4.98 Å². The number of ether oxygens (including phenoxy) is 1. The Morgan fingerprint density at radius 2 is 2.04 bits per heavy atom. The van der Waals surface area contributed by atoms with E-state index in [0.29, 0.717) is 5.13 Å². The van der Waals surface area contributed by atoms with Gasteiger partial charge in [-0.25, -0.2) is 14.2 Å². The Labute approximate surface area is 147 Å². The second kappa shape index (κ2) is 7.67. The lowest BCUT2D eigenvalue weighted by Gasteiger charge is -2.04. The van der Waals surface area contributed by atoms with Gasteiger partial charge in [0.25, 0.3) is 0 Å². The van der Waals surface area contributed by atoms with Crippen LogP contribution in [-0.2, 0) is 4.74 Å². The van der Waals surface area contributed by atoms with Crippen molar-refractivity contribution in [3.8, 4) is 11.3 Å². The number of nitrogens with zero attached hydrogens (tertiary/aromatic N) is 2. The first-order valence-electron chi connectivity index (χ1n) is 7.36. The molecule has 5 nitrogen and oxygen atoms in total. The molecule has 0 bridgehead atoms. The average molecular weight is 355 g/mol. The van der Waals surface area contributed by atoms with E-state index < -0.39 is 11.8 Å². The quantitative estimate of drug-likeness (QED) is 0.424. The predicted molar refractivity (Wildman–Crippen MR) is 96.5 cm³/mol. The molecule has 1 N–H and O–H groups in total. The van der Waals surface area contributed by atoms with Gasteiger partial charge in [0.1, 0.15) is 5.82 Å². The number of carbonyl (C=O) groups excluding carboxylic acids is 1. The Morgan fingerprint density at radius 1 is 1.24 bits per heavy atom. The highest BCUT2D eigenvalue weighted by molar-refractivity contribution is 7.14. The lowest BCUT2D eigenvalue weighted by molar-refractivity contribution is 0.0600. The summed E-state index contributed by atoms with van der Waals surface area (Å²) in [5, 5.41) is 6.44. The second-order valence-electron chi connectivity index (χ2n) is 4.97. The van der Waals surface area contributed by atoms with E-state index >= 15 is 0 Å². The number of hydrogen-bond donors (Lipinski definition) is 1. The third kappa shape index (κ3) is 3.89. The maximum atomic E-state index is 14.0. The molecule has 3 rings (SSSR count). The van der Waals surface area contributed by atoms with Gasteiger partial charge < -0.3 is 4.74 Å². The van der Waals surface area contributed by atoms with Gasteiger partial charge in [0.2, 0.25) is 5.13 Å². The number of benzene rings is 2. The number of hydrogen-bond acceptors (Lipinski definition) is 6. The number of aromatic nitrogens is 1. The molecule has 7 heteroatoms. The zero-order valence-electron chi connectivity index (χ0n) is 13.3. The van der Waals surface area contributed by atoms with Gasteiger partial charge >= 0.3 is 5.97 Å². The van der Waals surface area contributed by atoms with Crippen LogP contribution in [0.1, 0.15) is 15.9 Å². The Balaban J connectivity index is 1.77. The van der Waals surface area contributed by atoms with Crippen LogP contribution in [0, 0.1) is 5.82 Å². The largest absolute Gasteiger partial charge is 0.465 e. The van der Waals surface area contributed by atoms with E-state index in [9.17, 15) is 9.18 Å². The summed E-state index contributed by atoms with van der Waals surface area (Å²) in [6, 6.07) is 13.9. The third-order valence-electron chi connectivity index (χ3n) is 3.39. The first-order valence-corrected chi connectivity index (χ1v) is 8.24. The zero-order chi connectivity index (χ0) is 17.6. The fraction of sp³-hybridized carbons (Fsp3) is 0.0556. The molecule has 0 aliphatic carbocycles. The van der Waals surface area contributed by atoms with Crippen molar-refractivity contribution in [2.75, 3.05) is 12.5 Å². The van der Waals surface area contributed by atoms with Crippen molar-refractivity contribution < 1.29 is 13.9 Å². The molecule has 0 saturated heterocycles. The Morgan fingerprint density at radius 3 is 2.80 bits per heavy atom. The minimum atomic E-state index is -0.624. The summed E-state index contributed by atoms with van der Waals surface area (Å²) in [5.41, 5.74) is 4.74.